The number of unbranched alkanes of at least 4 members (excludes halogenated alkanes) is 15. The number of aliphatic hydroxyl groups excluding tert-OH is 1. The fourth-order valence-corrected chi connectivity index (χ4v) is 4.47. The minimum absolute atomic E-state index is 0.302. The van der Waals surface area contributed by atoms with Gasteiger partial charge in [0, 0.05) is 0 Å². The summed E-state index contributed by atoms with van der Waals surface area (Å²) in [5, 5.41) is 9.23. The number of rotatable bonds is 22. The van der Waals surface area contributed by atoms with Gasteiger partial charge in [-0.2, -0.15) is 0 Å². The zero-order valence-electron chi connectivity index (χ0n) is 19.9. The highest BCUT2D eigenvalue weighted by Crippen LogP contribution is 2.14. The second-order valence-corrected chi connectivity index (χ2v) is 10.5. The van der Waals surface area contributed by atoms with Crippen LogP contribution < -0.4 is 0 Å². The fraction of sp³-hybridized carbons (Fsp3) is 1.00. The summed E-state index contributed by atoms with van der Waals surface area (Å²) in [6.45, 7) is 2.97. The molecule has 0 rings (SSSR count). The zero-order chi connectivity index (χ0) is 22.7. The van der Waals surface area contributed by atoms with Gasteiger partial charge in [-0.15, -0.1) is 0 Å². The van der Waals surface area contributed by atoms with Gasteiger partial charge < -0.3 is 14.1 Å². The maximum Gasteiger partial charge on any atom is 0.218 e. The van der Waals surface area contributed by atoms with E-state index in [0.717, 1.165) is 19.4 Å². The molecule has 0 saturated heterocycles. The molecule has 0 bridgehead atoms. The van der Waals surface area contributed by atoms with Crippen molar-refractivity contribution < 1.29 is 26.7 Å². The first kappa shape index (κ1) is 29.8. The van der Waals surface area contributed by atoms with Gasteiger partial charge in [-0.1, -0.05) is 96.8 Å². The third kappa shape index (κ3) is 21.0. The molecule has 30 heavy (non-hydrogen) atoms. The number of nitrogens with zero attached hydrogens (tertiary/aromatic N) is 1. The van der Waals surface area contributed by atoms with Crippen LogP contribution in [-0.2, 0) is 14.6 Å². The van der Waals surface area contributed by atoms with E-state index in [9.17, 15) is 18.1 Å². The summed E-state index contributed by atoms with van der Waals surface area (Å²) < 4.78 is 37.1. The Balaban J connectivity index is 3.51. The highest BCUT2D eigenvalue weighted by atomic mass is 32.3. The number of hydrogen-bond donors (Lipinski definition) is 1. The summed E-state index contributed by atoms with van der Waals surface area (Å²) in [4.78, 5) is 0. The molecule has 0 amide bonds. The van der Waals surface area contributed by atoms with Crippen LogP contribution in [0.1, 0.15) is 110 Å². The molecule has 6 nitrogen and oxygen atoms in total. The highest BCUT2D eigenvalue weighted by molar-refractivity contribution is 7.80. The topological polar surface area (TPSA) is 86.7 Å². The van der Waals surface area contributed by atoms with E-state index in [1.807, 2.05) is 14.1 Å². The summed E-state index contributed by atoms with van der Waals surface area (Å²) >= 11 is 0. The molecule has 1 unspecified atom stereocenters. The van der Waals surface area contributed by atoms with Crippen molar-refractivity contribution in [3.63, 3.8) is 0 Å². The van der Waals surface area contributed by atoms with Crippen molar-refractivity contribution in [2.45, 2.75) is 116 Å². The third-order valence-corrected chi connectivity index (χ3v) is 6.28. The summed E-state index contributed by atoms with van der Waals surface area (Å²) in [5.41, 5.74) is 0. The zero-order valence-corrected chi connectivity index (χ0v) is 20.8. The Morgan fingerprint density at radius 1 is 0.767 bits per heavy atom. The lowest BCUT2D eigenvalue weighted by Crippen LogP contribution is -2.48. The molecule has 0 aromatic carbocycles. The van der Waals surface area contributed by atoms with Gasteiger partial charge >= 0.3 is 0 Å². The first-order chi connectivity index (χ1) is 14.2. The maximum absolute atomic E-state index is 10.7. The van der Waals surface area contributed by atoms with Crippen molar-refractivity contribution in [3.8, 4) is 0 Å². The second-order valence-electron chi connectivity index (χ2n) is 9.45. The van der Waals surface area contributed by atoms with Crippen molar-refractivity contribution in [3.05, 3.63) is 0 Å². The van der Waals surface area contributed by atoms with Gasteiger partial charge in [-0.25, -0.2) is 8.42 Å². The second kappa shape index (κ2) is 18.4. The lowest BCUT2D eigenvalue weighted by Gasteiger charge is -2.33. The molecule has 0 radical (unpaired) electrons. The quantitative estimate of drug-likeness (QED) is 0.106. The van der Waals surface area contributed by atoms with Crippen molar-refractivity contribution in [1.29, 1.82) is 0 Å². The van der Waals surface area contributed by atoms with Gasteiger partial charge in [0.15, 0.2) is 0 Å². The van der Waals surface area contributed by atoms with E-state index in [2.05, 4.69) is 11.1 Å². The molecule has 182 valence electrons. The third-order valence-electron chi connectivity index (χ3n) is 5.77. The summed E-state index contributed by atoms with van der Waals surface area (Å²) in [5.74, 6) is 0. The molecule has 0 fully saturated rings. The van der Waals surface area contributed by atoms with Gasteiger partial charge in [-0.05, 0) is 12.8 Å². The van der Waals surface area contributed by atoms with E-state index < -0.39 is 23.1 Å². The predicted molar refractivity (Wildman–Crippen MR) is 123 cm³/mol. The molecule has 0 aliphatic heterocycles. The van der Waals surface area contributed by atoms with E-state index in [4.69, 9.17) is 0 Å². The maximum atomic E-state index is 10.7. The van der Waals surface area contributed by atoms with Crippen LogP contribution in [0.3, 0.4) is 0 Å². The molecule has 0 heterocycles. The number of aliphatic hydroxyl groups is 1. The van der Waals surface area contributed by atoms with Gasteiger partial charge in [0.2, 0.25) is 10.4 Å². The average Bonchev–Trinajstić information content (AvgIpc) is 2.65. The van der Waals surface area contributed by atoms with Crippen LogP contribution in [0.25, 0.3) is 0 Å². The molecule has 0 saturated carbocycles. The number of likely N-dealkylation sites (N-methyl/N-ethyl adjacent to an activating group) is 1. The normalized spacial score (nSPS) is 13.6. The van der Waals surface area contributed by atoms with Crippen molar-refractivity contribution in [2.75, 3.05) is 33.8 Å². The molecule has 0 aliphatic rings. The summed E-state index contributed by atoms with van der Waals surface area (Å²) in [6, 6.07) is 0. The first-order valence-electron chi connectivity index (χ1n) is 12.3. The Morgan fingerprint density at radius 3 is 1.47 bits per heavy atom. The molecule has 1 N–H and O–H groups in total. The van der Waals surface area contributed by atoms with Gasteiger partial charge in [0.1, 0.15) is 12.6 Å². The van der Waals surface area contributed by atoms with E-state index in [0.29, 0.717) is 11.0 Å². The molecule has 0 aromatic rings. The first-order valence-corrected chi connectivity index (χ1v) is 13.6. The lowest BCUT2D eigenvalue weighted by molar-refractivity contribution is -0.893. The molecular weight excluding hydrogens is 402 g/mol. The Morgan fingerprint density at radius 2 is 1.13 bits per heavy atom. The van der Waals surface area contributed by atoms with Crippen LogP contribution in [0.2, 0.25) is 0 Å². The van der Waals surface area contributed by atoms with E-state index in [1.165, 1.54) is 89.9 Å². The van der Waals surface area contributed by atoms with Crippen LogP contribution >= 0.6 is 0 Å². The average molecular weight is 452 g/mol. The van der Waals surface area contributed by atoms with Crippen LogP contribution in [0, 0.1) is 0 Å². The SMILES string of the molecule is CCCCCCCCCCCCCCCCCC[N+](C)(C)CC(CO)OS(=O)(=O)[O-]. The van der Waals surface area contributed by atoms with Gasteiger partial charge in [-0.3, -0.25) is 4.18 Å². The minimum atomic E-state index is -4.78. The largest absolute Gasteiger partial charge is 0.726 e. The fourth-order valence-electron chi connectivity index (χ4n) is 4.02. The highest BCUT2D eigenvalue weighted by Gasteiger charge is 2.23. The number of hydrogen-bond acceptors (Lipinski definition) is 5. The van der Waals surface area contributed by atoms with Crippen LogP contribution in [-0.4, -0.2) is 62.5 Å². The Hall–Kier alpha value is -0.210. The lowest BCUT2D eigenvalue weighted by atomic mass is 10.0. The molecule has 0 aliphatic carbocycles. The summed E-state index contributed by atoms with van der Waals surface area (Å²) in [7, 11) is -0.846. The Bertz CT molecular complexity index is 482. The molecular formula is C23H49NO5S. The Kier molecular flexibility index (Phi) is 18.2. The monoisotopic (exact) mass is 451 g/mol. The van der Waals surface area contributed by atoms with Crippen LogP contribution in [0.5, 0.6) is 0 Å². The molecule has 7 heteroatoms. The van der Waals surface area contributed by atoms with Gasteiger partial charge in [0.05, 0.1) is 27.2 Å². The number of quaternary nitrogens is 1. The van der Waals surface area contributed by atoms with Crippen molar-refractivity contribution in [1.82, 2.24) is 0 Å². The summed E-state index contributed by atoms with van der Waals surface area (Å²) in [6.07, 6.45) is 20.3. The van der Waals surface area contributed by atoms with Crippen LogP contribution in [0.15, 0.2) is 0 Å². The van der Waals surface area contributed by atoms with E-state index in [-0.39, 0.29) is 0 Å². The van der Waals surface area contributed by atoms with E-state index >= 15 is 0 Å². The standard InChI is InChI=1S/C23H49NO5S/c1-4-5-6-7-8-9-10-11-12-13-14-15-16-17-18-19-20-24(2,3)21-23(22-25)29-30(26,27)28/h23,25H,4-22H2,1-3H3. The predicted octanol–water partition coefficient (Wildman–Crippen LogP) is 5.16. The molecule has 1 atom stereocenters. The van der Waals surface area contributed by atoms with E-state index in [1.54, 1.807) is 0 Å². The van der Waals surface area contributed by atoms with Crippen molar-refractivity contribution in [2.24, 2.45) is 0 Å². The molecule has 0 spiro atoms. The minimum Gasteiger partial charge on any atom is -0.726 e. The van der Waals surface area contributed by atoms with Crippen molar-refractivity contribution >= 4 is 10.4 Å². The van der Waals surface area contributed by atoms with Gasteiger partial charge in [0.25, 0.3) is 0 Å². The van der Waals surface area contributed by atoms with Crippen LogP contribution in [0.4, 0.5) is 0 Å². The molecule has 0 aromatic heterocycles. The Labute approximate surface area is 186 Å². The smallest absolute Gasteiger partial charge is 0.218 e.